The van der Waals surface area contributed by atoms with E-state index in [1.165, 1.54) is 12.3 Å². The predicted octanol–water partition coefficient (Wildman–Crippen LogP) is 2.73. The molecule has 0 saturated carbocycles. The van der Waals surface area contributed by atoms with Crippen molar-refractivity contribution >= 4 is 5.69 Å². The van der Waals surface area contributed by atoms with Crippen LogP contribution in [0, 0.1) is 11.3 Å². The second kappa shape index (κ2) is 5.74. The molecule has 0 spiro atoms. The summed E-state index contributed by atoms with van der Waals surface area (Å²) >= 11 is 0. The molecular weight excluding hydrogens is 242 g/mol. The maximum Gasteiger partial charge on any atom is 0.242 e. The fourth-order valence-corrected chi connectivity index (χ4v) is 1.50. The zero-order valence-electron chi connectivity index (χ0n) is 10.5. The quantitative estimate of drug-likeness (QED) is 0.908. The molecule has 0 bridgehead atoms. The van der Waals surface area contributed by atoms with Gasteiger partial charge < -0.3 is 15.2 Å². The first-order chi connectivity index (χ1) is 9.22. The molecule has 5 heteroatoms. The first-order valence-corrected chi connectivity index (χ1v) is 5.79. The average Bonchev–Trinajstić information content (AvgIpc) is 2.43. The molecule has 5 nitrogen and oxygen atoms in total. The van der Waals surface area contributed by atoms with Crippen LogP contribution in [-0.4, -0.2) is 11.6 Å². The van der Waals surface area contributed by atoms with Gasteiger partial charge in [0.15, 0.2) is 0 Å². The summed E-state index contributed by atoms with van der Waals surface area (Å²) in [6.07, 6.45) is 1.42. The maximum atomic E-state index is 8.72. The third-order valence-electron chi connectivity index (χ3n) is 2.36. The monoisotopic (exact) mass is 255 g/mol. The molecule has 2 rings (SSSR count). The third kappa shape index (κ3) is 3.13. The first-order valence-electron chi connectivity index (χ1n) is 5.79. The maximum absolute atomic E-state index is 8.72. The summed E-state index contributed by atoms with van der Waals surface area (Å²) < 4.78 is 10.9. The summed E-state index contributed by atoms with van der Waals surface area (Å²) in [4.78, 5) is 4.00. The predicted molar refractivity (Wildman–Crippen MR) is 71.0 cm³/mol. The van der Waals surface area contributed by atoms with Crippen molar-refractivity contribution in [2.45, 2.75) is 6.92 Å². The van der Waals surface area contributed by atoms with Crippen LogP contribution in [0.3, 0.4) is 0 Å². The fourth-order valence-electron chi connectivity index (χ4n) is 1.50. The van der Waals surface area contributed by atoms with Gasteiger partial charge in [0.1, 0.15) is 17.6 Å². The molecule has 0 aliphatic rings. The lowest BCUT2D eigenvalue weighted by atomic mass is 10.3. The molecule has 1 heterocycles. The molecule has 1 aromatic heterocycles. The number of nitrogens with two attached hydrogens (primary N) is 1. The van der Waals surface area contributed by atoms with E-state index in [-0.39, 0.29) is 5.88 Å². The highest BCUT2D eigenvalue weighted by molar-refractivity contribution is 5.53. The van der Waals surface area contributed by atoms with Crippen molar-refractivity contribution in [1.29, 1.82) is 5.26 Å². The SMILES string of the molecule is CCOc1ccc(Oc2ncc(C#N)cc2N)cc1. The number of nitrogens with zero attached hydrogens (tertiary/aromatic N) is 2. The molecule has 0 saturated heterocycles. The summed E-state index contributed by atoms with van der Waals surface area (Å²) in [6, 6.07) is 10.6. The van der Waals surface area contributed by atoms with Gasteiger partial charge in [-0.15, -0.1) is 0 Å². The van der Waals surface area contributed by atoms with Crippen LogP contribution in [0.5, 0.6) is 17.4 Å². The highest BCUT2D eigenvalue weighted by Gasteiger charge is 2.05. The highest BCUT2D eigenvalue weighted by atomic mass is 16.5. The zero-order valence-corrected chi connectivity index (χ0v) is 10.5. The number of rotatable bonds is 4. The van der Waals surface area contributed by atoms with Crippen LogP contribution in [0.2, 0.25) is 0 Å². The molecule has 19 heavy (non-hydrogen) atoms. The van der Waals surface area contributed by atoms with Crippen LogP contribution in [0.15, 0.2) is 36.5 Å². The lowest BCUT2D eigenvalue weighted by Gasteiger charge is -2.08. The summed E-state index contributed by atoms with van der Waals surface area (Å²) in [7, 11) is 0. The number of anilines is 1. The van der Waals surface area contributed by atoms with Crippen molar-refractivity contribution in [2.75, 3.05) is 12.3 Å². The molecule has 0 aliphatic heterocycles. The molecule has 0 radical (unpaired) electrons. The van der Waals surface area contributed by atoms with E-state index >= 15 is 0 Å². The Morgan fingerprint density at radius 2 is 1.95 bits per heavy atom. The Morgan fingerprint density at radius 3 is 2.53 bits per heavy atom. The Morgan fingerprint density at radius 1 is 1.26 bits per heavy atom. The number of benzene rings is 1. The molecule has 96 valence electrons. The number of ether oxygens (including phenoxy) is 2. The van der Waals surface area contributed by atoms with Gasteiger partial charge in [-0.2, -0.15) is 5.26 Å². The molecular formula is C14H13N3O2. The molecule has 0 atom stereocenters. The minimum absolute atomic E-state index is 0.281. The van der Waals surface area contributed by atoms with Crippen molar-refractivity contribution in [1.82, 2.24) is 4.98 Å². The van der Waals surface area contributed by atoms with Crippen LogP contribution < -0.4 is 15.2 Å². The Kier molecular flexibility index (Phi) is 3.84. The average molecular weight is 255 g/mol. The van der Waals surface area contributed by atoms with E-state index in [0.717, 1.165) is 5.75 Å². The van der Waals surface area contributed by atoms with E-state index in [2.05, 4.69) is 4.98 Å². The van der Waals surface area contributed by atoms with E-state index < -0.39 is 0 Å². The van der Waals surface area contributed by atoms with Crippen molar-refractivity contribution < 1.29 is 9.47 Å². The van der Waals surface area contributed by atoms with Crippen LogP contribution in [0.4, 0.5) is 5.69 Å². The smallest absolute Gasteiger partial charge is 0.242 e. The molecule has 2 N–H and O–H groups in total. The van der Waals surface area contributed by atoms with E-state index in [0.29, 0.717) is 23.6 Å². The zero-order chi connectivity index (χ0) is 13.7. The number of aromatic nitrogens is 1. The lowest BCUT2D eigenvalue weighted by Crippen LogP contribution is -1.96. The van der Waals surface area contributed by atoms with Crippen molar-refractivity contribution in [3.63, 3.8) is 0 Å². The summed E-state index contributed by atoms with van der Waals surface area (Å²) in [5.41, 5.74) is 6.49. The Balaban J connectivity index is 2.15. The van der Waals surface area contributed by atoms with Crippen LogP contribution >= 0.6 is 0 Å². The van der Waals surface area contributed by atoms with Gasteiger partial charge in [0.2, 0.25) is 5.88 Å². The molecule has 0 amide bonds. The number of pyridine rings is 1. The fraction of sp³-hybridized carbons (Fsp3) is 0.143. The van der Waals surface area contributed by atoms with Crippen molar-refractivity contribution in [3.05, 3.63) is 42.1 Å². The van der Waals surface area contributed by atoms with Gasteiger partial charge in [0, 0.05) is 6.20 Å². The lowest BCUT2D eigenvalue weighted by molar-refractivity contribution is 0.339. The molecule has 0 unspecified atom stereocenters. The Labute approximate surface area is 111 Å². The molecule has 1 aromatic carbocycles. The number of hydrogen-bond donors (Lipinski definition) is 1. The third-order valence-corrected chi connectivity index (χ3v) is 2.36. The molecule has 2 aromatic rings. The summed E-state index contributed by atoms with van der Waals surface area (Å²) in [5, 5.41) is 8.72. The summed E-state index contributed by atoms with van der Waals surface area (Å²) in [6.45, 7) is 2.54. The van der Waals surface area contributed by atoms with Gasteiger partial charge in [0.25, 0.3) is 0 Å². The van der Waals surface area contributed by atoms with Crippen LogP contribution in [0.25, 0.3) is 0 Å². The Hall–Kier alpha value is -2.74. The topological polar surface area (TPSA) is 81.2 Å². The standard InChI is InChI=1S/C14H13N3O2/c1-2-18-11-3-5-12(6-4-11)19-14-13(16)7-10(8-15)9-17-14/h3-7,9H,2,16H2,1H3. The summed E-state index contributed by atoms with van der Waals surface area (Å²) in [5.74, 6) is 1.66. The minimum Gasteiger partial charge on any atom is -0.494 e. The largest absolute Gasteiger partial charge is 0.494 e. The van der Waals surface area contributed by atoms with Gasteiger partial charge in [0.05, 0.1) is 17.9 Å². The van der Waals surface area contributed by atoms with Gasteiger partial charge >= 0.3 is 0 Å². The minimum atomic E-state index is 0.281. The van der Waals surface area contributed by atoms with Crippen LogP contribution in [0.1, 0.15) is 12.5 Å². The van der Waals surface area contributed by atoms with E-state index in [1.807, 2.05) is 13.0 Å². The number of hydrogen-bond acceptors (Lipinski definition) is 5. The van der Waals surface area contributed by atoms with Gasteiger partial charge in [-0.25, -0.2) is 4.98 Å². The van der Waals surface area contributed by atoms with Gasteiger partial charge in [-0.1, -0.05) is 0 Å². The second-order valence-corrected chi connectivity index (χ2v) is 3.74. The normalized spacial score (nSPS) is 9.68. The van der Waals surface area contributed by atoms with Gasteiger partial charge in [-0.3, -0.25) is 0 Å². The molecule has 0 aliphatic carbocycles. The second-order valence-electron chi connectivity index (χ2n) is 3.74. The van der Waals surface area contributed by atoms with E-state index in [9.17, 15) is 0 Å². The first kappa shape index (κ1) is 12.7. The number of nitrogen functional groups attached to an aromatic ring is 1. The highest BCUT2D eigenvalue weighted by Crippen LogP contribution is 2.26. The van der Waals surface area contributed by atoms with Crippen molar-refractivity contribution in [2.24, 2.45) is 0 Å². The molecule has 0 fully saturated rings. The van der Waals surface area contributed by atoms with E-state index in [4.69, 9.17) is 20.5 Å². The number of nitriles is 1. The van der Waals surface area contributed by atoms with Gasteiger partial charge in [-0.05, 0) is 37.3 Å². The van der Waals surface area contributed by atoms with E-state index in [1.54, 1.807) is 24.3 Å². The Bertz CT molecular complexity index is 603. The van der Waals surface area contributed by atoms with Crippen LogP contribution in [-0.2, 0) is 0 Å². The van der Waals surface area contributed by atoms with Crippen molar-refractivity contribution in [3.8, 4) is 23.4 Å².